The highest BCUT2D eigenvalue weighted by Crippen LogP contribution is 2.62. The van der Waals surface area contributed by atoms with E-state index < -0.39 is 23.1 Å². The number of carbonyl (C=O) groups excluding carboxylic acids is 1. The van der Waals surface area contributed by atoms with Gasteiger partial charge in [0.1, 0.15) is 5.60 Å². The molecule has 0 radical (unpaired) electrons. The first-order valence-corrected chi connectivity index (χ1v) is 9.36. The molecular weight excluding hydrogens is 320 g/mol. The summed E-state index contributed by atoms with van der Waals surface area (Å²) < 4.78 is 0. The summed E-state index contributed by atoms with van der Waals surface area (Å²) >= 11 is 0. The SMILES string of the molecule is CC(C)[C@]1(O)C=C2C(=O)C[C@H]3[C@](C)(CCC[C@@]3(C)C(=O)O)[C@H]2C[C@@H]1O. The van der Waals surface area contributed by atoms with E-state index in [0.29, 0.717) is 18.4 Å². The molecule has 0 saturated heterocycles. The van der Waals surface area contributed by atoms with E-state index in [2.05, 4.69) is 6.92 Å². The first kappa shape index (κ1) is 18.6. The van der Waals surface area contributed by atoms with Crippen LogP contribution < -0.4 is 0 Å². The third kappa shape index (κ3) is 2.42. The van der Waals surface area contributed by atoms with Gasteiger partial charge in [-0.25, -0.2) is 0 Å². The first-order valence-electron chi connectivity index (χ1n) is 9.36. The maximum absolute atomic E-state index is 12.9. The zero-order chi connectivity index (χ0) is 18.8. The Kier molecular flexibility index (Phi) is 4.20. The lowest BCUT2D eigenvalue weighted by Gasteiger charge is -2.59. The number of aliphatic hydroxyl groups is 2. The standard InChI is InChI=1S/C20H30O5/c1-11(2)20(25)10-12-13(8-16(20)22)18(3)6-5-7-19(4,17(23)24)15(18)9-14(12)21/h10-11,13,15-16,22,25H,5-9H2,1-4H3,(H,23,24)/t13-,15-,16-,18+,19+,20+/m0/s1. The summed E-state index contributed by atoms with van der Waals surface area (Å²) in [5.41, 5.74) is -2.04. The molecule has 0 heterocycles. The van der Waals surface area contributed by atoms with E-state index in [1.165, 1.54) is 0 Å². The predicted octanol–water partition coefficient (Wildman–Crippen LogP) is 2.55. The van der Waals surface area contributed by atoms with Crippen molar-refractivity contribution in [2.75, 3.05) is 0 Å². The van der Waals surface area contributed by atoms with Crippen LogP contribution in [0.4, 0.5) is 0 Å². The molecule has 3 N–H and O–H groups in total. The van der Waals surface area contributed by atoms with Crippen LogP contribution in [0.15, 0.2) is 11.6 Å². The van der Waals surface area contributed by atoms with Crippen molar-refractivity contribution in [3.8, 4) is 0 Å². The molecule has 25 heavy (non-hydrogen) atoms. The van der Waals surface area contributed by atoms with Crippen molar-refractivity contribution in [2.45, 2.75) is 71.5 Å². The Morgan fingerprint density at radius 3 is 2.48 bits per heavy atom. The Labute approximate surface area is 149 Å². The van der Waals surface area contributed by atoms with Crippen molar-refractivity contribution in [3.63, 3.8) is 0 Å². The van der Waals surface area contributed by atoms with Gasteiger partial charge >= 0.3 is 5.97 Å². The van der Waals surface area contributed by atoms with Gasteiger partial charge in [-0.15, -0.1) is 0 Å². The van der Waals surface area contributed by atoms with E-state index >= 15 is 0 Å². The number of ketones is 1. The zero-order valence-electron chi connectivity index (χ0n) is 15.6. The highest BCUT2D eigenvalue weighted by atomic mass is 16.4. The molecule has 2 saturated carbocycles. The van der Waals surface area contributed by atoms with Gasteiger partial charge in [-0.3, -0.25) is 9.59 Å². The molecule has 0 bridgehead atoms. The second-order valence-corrected chi connectivity index (χ2v) is 9.21. The van der Waals surface area contributed by atoms with Crippen LogP contribution in [0.2, 0.25) is 0 Å². The van der Waals surface area contributed by atoms with Crippen molar-refractivity contribution < 1.29 is 24.9 Å². The minimum Gasteiger partial charge on any atom is -0.481 e. The quantitative estimate of drug-likeness (QED) is 0.711. The lowest BCUT2D eigenvalue weighted by Crippen LogP contribution is -2.59. The molecule has 0 aromatic rings. The number of carboxylic acids is 1. The minimum atomic E-state index is -1.39. The first-order chi connectivity index (χ1) is 11.5. The van der Waals surface area contributed by atoms with Crippen molar-refractivity contribution >= 4 is 11.8 Å². The highest BCUT2D eigenvalue weighted by Gasteiger charge is 2.62. The topological polar surface area (TPSA) is 94.8 Å². The summed E-state index contributed by atoms with van der Waals surface area (Å²) in [4.78, 5) is 24.9. The molecule has 0 amide bonds. The number of carboxylic acid groups (broad SMARTS) is 1. The average molecular weight is 350 g/mol. The second-order valence-electron chi connectivity index (χ2n) is 9.21. The van der Waals surface area contributed by atoms with Gasteiger partial charge in [-0.2, -0.15) is 0 Å². The molecule has 0 aliphatic heterocycles. The second kappa shape index (κ2) is 5.65. The zero-order valence-corrected chi connectivity index (χ0v) is 15.6. The van der Waals surface area contributed by atoms with Crippen LogP contribution in [0.25, 0.3) is 0 Å². The fourth-order valence-electron chi connectivity index (χ4n) is 5.78. The summed E-state index contributed by atoms with van der Waals surface area (Å²) in [6.07, 6.45) is 3.41. The molecule has 0 aromatic carbocycles. The number of aliphatic hydroxyl groups excluding tert-OH is 1. The highest BCUT2D eigenvalue weighted by molar-refractivity contribution is 5.98. The Bertz CT molecular complexity index is 638. The smallest absolute Gasteiger partial charge is 0.309 e. The van der Waals surface area contributed by atoms with Gasteiger partial charge in [-0.05, 0) is 61.0 Å². The van der Waals surface area contributed by atoms with Crippen molar-refractivity contribution in [1.29, 1.82) is 0 Å². The van der Waals surface area contributed by atoms with E-state index in [0.717, 1.165) is 12.8 Å². The van der Waals surface area contributed by atoms with E-state index in [-0.39, 0.29) is 35.4 Å². The molecule has 6 atom stereocenters. The van der Waals surface area contributed by atoms with Crippen LogP contribution in [-0.4, -0.2) is 38.8 Å². The number of aliphatic carboxylic acids is 1. The van der Waals surface area contributed by atoms with Gasteiger partial charge in [0, 0.05) is 6.42 Å². The van der Waals surface area contributed by atoms with Crippen LogP contribution in [0.1, 0.15) is 59.8 Å². The fourth-order valence-corrected chi connectivity index (χ4v) is 5.78. The number of hydrogen-bond acceptors (Lipinski definition) is 4. The lowest BCUT2D eigenvalue weighted by molar-refractivity contribution is -0.169. The van der Waals surface area contributed by atoms with Crippen molar-refractivity contribution in [3.05, 3.63) is 11.6 Å². The number of allylic oxidation sites excluding steroid dienone is 1. The number of Topliss-reactive ketones (excluding diaryl/α,β-unsaturated/α-hetero) is 1. The summed E-state index contributed by atoms with van der Waals surface area (Å²) in [6.45, 7) is 7.51. The monoisotopic (exact) mass is 350 g/mol. The molecule has 0 aromatic heterocycles. The molecule has 0 unspecified atom stereocenters. The maximum Gasteiger partial charge on any atom is 0.309 e. The van der Waals surface area contributed by atoms with Crippen LogP contribution in [0.5, 0.6) is 0 Å². The molecule has 5 nitrogen and oxygen atoms in total. The minimum absolute atomic E-state index is 0.0622. The van der Waals surface area contributed by atoms with Crippen LogP contribution in [0.3, 0.4) is 0 Å². The van der Waals surface area contributed by atoms with Crippen molar-refractivity contribution in [2.24, 2.45) is 28.6 Å². The Morgan fingerprint density at radius 1 is 1.28 bits per heavy atom. The lowest BCUT2D eigenvalue weighted by atomic mass is 9.45. The van der Waals surface area contributed by atoms with E-state index in [1.54, 1.807) is 13.0 Å². The molecule has 140 valence electrons. The van der Waals surface area contributed by atoms with E-state index in [4.69, 9.17) is 0 Å². The number of hydrogen-bond donors (Lipinski definition) is 3. The summed E-state index contributed by atoms with van der Waals surface area (Å²) in [6, 6.07) is 0. The van der Waals surface area contributed by atoms with Gasteiger partial charge in [0.25, 0.3) is 0 Å². The number of fused-ring (bicyclic) bond motifs is 3. The van der Waals surface area contributed by atoms with Gasteiger partial charge in [0.2, 0.25) is 0 Å². The van der Waals surface area contributed by atoms with Gasteiger partial charge < -0.3 is 15.3 Å². The van der Waals surface area contributed by atoms with Gasteiger partial charge in [-0.1, -0.05) is 27.2 Å². The third-order valence-corrected chi connectivity index (χ3v) is 7.65. The average Bonchev–Trinajstić information content (AvgIpc) is 2.51. The summed E-state index contributed by atoms with van der Waals surface area (Å²) in [7, 11) is 0. The predicted molar refractivity (Wildman–Crippen MR) is 92.8 cm³/mol. The maximum atomic E-state index is 12.9. The van der Waals surface area contributed by atoms with E-state index in [9.17, 15) is 24.9 Å². The molecule has 5 heteroatoms. The van der Waals surface area contributed by atoms with Crippen molar-refractivity contribution in [1.82, 2.24) is 0 Å². The van der Waals surface area contributed by atoms with E-state index in [1.807, 2.05) is 13.8 Å². The summed E-state index contributed by atoms with van der Waals surface area (Å²) in [5, 5.41) is 31.3. The molecule has 0 spiro atoms. The molecular formula is C20H30O5. The Morgan fingerprint density at radius 2 is 1.92 bits per heavy atom. The molecule has 2 fully saturated rings. The largest absolute Gasteiger partial charge is 0.481 e. The van der Waals surface area contributed by atoms with Gasteiger partial charge in [0.15, 0.2) is 5.78 Å². The number of rotatable bonds is 2. The van der Waals surface area contributed by atoms with Crippen LogP contribution >= 0.6 is 0 Å². The Balaban J connectivity index is 2.09. The van der Waals surface area contributed by atoms with Crippen LogP contribution in [-0.2, 0) is 9.59 Å². The Hall–Kier alpha value is -1.20. The summed E-state index contributed by atoms with van der Waals surface area (Å²) in [5.74, 6) is -1.53. The third-order valence-electron chi connectivity index (χ3n) is 7.65. The van der Waals surface area contributed by atoms with Crippen LogP contribution in [0, 0.1) is 28.6 Å². The fraction of sp³-hybridized carbons (Fsp3) is 0.800. The van der Waals surface area contributed by atoms with Gasteiger partial charge in [0.05, 0.1) is 11.5 Å². The normalized spacial score (nSPS) is 47.1. The molecule has 3 aliphatic rings. The molecule has 3 rings (SSSR count). The number of carbonyl (C=O) groups is 2. The molecule has 3 aliphatic carbocycles.